The first-order valence-corrected chi connectivity index (χ1v) is 10.2. The van der Waals surface area contributed by atoms with Crippen LogP contribution in [0, 0.1) is 11.3 Å². The lowest BCUT2D eigenvalue weighted by atomic mass is 9.85. The van der Waals surface area contributed by atoms with Crippen molar-refractivity contribution < 1.29 is 19.5 Å². The van der Waals surface area contributed by atoms with Gasteiger partial charge in [0.2, 0.25) is 0 Å². The summed E-state index contributed by atoms with van der Waals surface area (Å²) in [6.07, 6.45) is 1.90. The van der Waals surface area contributed by atoms with Crippen molar-refractivity contribution in [2.24, 2.45) is 0 Å². The van der Waals surface area contributed by atoms with Crippen LogP contribution in [-0.2, 0) is 11.4 Å². The number of hydroxylamine groups is 2. The fraction of sp³-hybridized carbons (Fsp3) is 0.240. The van der Waals surface area contributed by atoms with Crippen molar-refractivity contribution in [3.05, 3.63) is 95.3 Å². The molecule has 0 saturated carbocycles. The van der Waals surface area contributed by atoms with Gasteiger partial charge in [0.1, 0.15) is 30.1 Å². The predicted molar refractivity (Wildman–Crippen MR) is 116 cm³/mol. The van der Waals surface area contributed by atoms with Gasteiger partial charge in [0.25, 0.3) is 5.91 Å². The third kappa shape index (κ3) is 4.19. The molecule has 1 aromatic heterocycles. The molecule has 2 atom stereocenters. The van der Waals surface area contributed by atoms with Gasteiger partial charge in [-0.2, -0.15) is 5.26 Å². The third-order valence-electron chi connectivity index (χ3n) is 5.42. The van der Waals surface area contributed by atoms with Gasteiger partial charge in [-0.1, -0.05) is 30.3 Å². The number of aliphatic hydroxyl groups is 1. The second kappa shape index (κ2) is 8.79. The fourth-order valence-electron chi connectivity index (χ4n) is 3.69. The average molecular weight is 429 g/mol. The van der Waals surface area contributed by atoms with Crippen LogP contribution in [0.1, 0.15) is 46.9 Å². The summed E-state index contributed by atoms with van der Waals surface area (Å²) < 4.78 is 5.99. The van der Waals surface area contributed by atoms with Crippen molar-refractivity contribution in [1.29, 1.82) is 5.26 Å². The first kappa shape index (κ1) is 21.5. The van der Waals surface area contributed by atoms with Gasteiger partial charge in [0, 0.05) is 18.0 Å². The number of ether oxygens (including phenoxy) is 1. The Kier molecular flexibility index (Phi) is 5.91. The lowest BCUT2D eigenvalue weighted by Gasteiger charge is -2.45. The summed E-state index contributed by atoms with van der Waals surface area (Å²) >= 11 is 0. The Balaban J connectivity index is 1.80. The molecule has 0 radical (unpaired) electrons. The molecular formula is C25H23N3O4. The molecule has 3 aromatic rings. The molecule has 0 unspecified atom stereocenters. The van der Waals surface area contributed by atoms with Gasteiger partial charge in [0.15, 0.2) is 0 Å². The zero-order chi connectivity index (χ0) is 22.7. The van der Waals surface area contributed by atoms with Gasteiger partial charge in [-0.15, -0.1) is 0 Å². The SMILES string of the molecule is CC1(C)Oc2ccc(C#N)cc2[C@@H](N(OCc2ccccc2)C(=O)c2cccnc2)[C@@H]1O. The summed E-state index contributed by atoms with van der Waals surface area (Å²) in [4.78, 5) is 23.6. The molecule has 0 fully saturated rings. The number of carbonyl (C=O) groups excluding carboxylic acids is 1. The van der Waals surface area contributed by atoms with Crippen LogP contribution in [0.4, 0.5) is 0 Å². The minimum Gasteiger partial charge on any atom is -0.485 e. The number of hydrogen-bond acceptors (Lipinski definition) is 6. The molecule has 7 heteroatoms. The molecule has 1 amide bonds. The van der Waals surface area contributed by atoms with Crippen molar-refractivity contribution in [2.75, 3.05) is 0 Å². The van der Waals surface area contributed by atoms with E-state index in [1.807, 2.05) is 30.3 Å². The fourth-order valence-corrected chi connectivity index (χ4v) is 3.69. The predicted octanol–water partition coefficient (Wildman–Crippen LogP) is 3.80. The van der Waals surface area contributed by atoms with Crippen LogP contribution in [0.15, 0.2) is 73.1 Å². The Labute approximate surface area is 186 Å². The molecule has 32 heavy (non-hydrogen) atoms. The number of aromatic nitrogens is 1. The maximum absolute atomic E-state index is 13.5. The first-order chi connectivity index (χ1) is 15.4. The Morgan fingerprint density at radius 1 is 1.22 bits per heavy atom. The smallest absolute Gasteiger partial charge is 0.279 e. The monoisotopic (exact) mass is 429 g/mol. The van der Waals surface area contributed by atoms with Crippen molar-refractivity contribution in [1.82, 2.24) is 10.0 Å². The summed E-state index contributed by atoms with van der Waals surface area (Å²) in [6, 6.07) is 18.9. The summed E-state index contributed by atoms with van der Waals surface area (Å²) in [5.74, 6) is 0.0284. The van der Waals surface area contributed by atoms with Gasteiger partial charge >= 0.3 is 0 Å². The average Bonchev–Trinajstić information content (AvgIpc) is 2.82. The van der Waals surface area contributed by atoms with Crippen molar-refractivity contribution >= 4 is 5.91 Å². The van der Waals surface area contributed by atoms with Gasteiger partial charge in [-0.3, -0.25) is 14.6 Å². The molecule has 0 saturated heterocycles. The van der Waals surface area contributed by atoms with Crippen molar-refractivity contribution in [3.8, 4) is 11.8 Å². The highest BCUT2D eigenvalue weighted by molar-refractivity contribution is 5.93. The van der Waals surface area contributed by atoms with E-state index in [4.69, 9.17) is 9.57 Å². The van der Waals surface area contributed by atoms with E-state index in [0.29, 0.717) is 22.4 Å². The molecular weight excluding hydrogens is 406 g/mol. The number of rotatable bonds is 5. The van der Waals surface area contributed by atoms with E-state index in [9.17, 15) is 15.2 Å². The number of amides is 1. The number of aliphatic hydroxyl groups excluding tert-OH is 1. The van der Waals surface area contributed by atoms with Crippen LogP contribution in [0.5, 0.6) is 5.75 Å². The van der Waals surface area contributed by atoms with Crippen LogP contribution in [-0.4, -0.2) is 32.8 Å². The molecule has 1 aliphatic rings. The molecule has 7 nitrogen and oxygen atoms in total. The lowest BCUT2D eigenvalue weighted by molar-refractivity contribution is -0.206. The minimum absolute atomic E-state index is 0.116. The summed E-state index contributed by atoms with van der Waals surface area (Å²) in [7, 11) is 0. The summed E-state index contributed by atoms with van der Waals surface area (Å²) in [6.45, 7) is 3.61. The second-order valence-electron chi connectivity index (χ2n) is 8.09. The molecule has 1 N–H and O–H groups in total. The normalized spacial score (nSPS) is 18.7. The topological polar surface area (TPSA) is 95.7 Å². The van der Waals surface area contributed by atoms with Gasteiger partial charge in [0.05, 0.1) is 17.2 Å². The number of fused-ring (bicyclic) bond motifs is 1. The third-order valence-corrected chi connectivity index (χ3v) is 5.42. The molecule has 2 aromatic carbocycles. The van der Waals surface area contributed by atoms with E-state index >= 15 is 0 Å². The van der Waals surface area contributed by atoms with E-state index in [0.717, 1.165) is 5.56 Å². The van der Waals surface area contributed by atoms with E-state index in [1.54, 1.807) is 50.4 Å². The van der Waals surface area contributed by atoms with Gasteiger partial charge in [-0.25, -0.2) is 5.06 Å². The highest BCUT2D eigenvalue weighted by atomic mass is 16.7. The maximum atomic E-state index is 13.5. The Hall–Kier alpha value is -3.73. The van der Waals surface area contributed by atoms with E-state index in [-0.39, 0.29) is 6.61 Å². The van der Waals surface area contributed by atoms with Crippen LogP contribution in [0.2, 0.25) is 0 Å². The van der Waals surface area contributed by atoms with Crippen LogP contribution < -0.4 is 4.74 Å². The Bertz CT molecular complexity index is 1140. The van der Waals surface area contributed by atoms with E-state index in [1.165, 1.54) is 11.3 Å². The van der Waals surface area contributed by atoms with Crippen LogP contribution >= 0.6 is 0 Å². The summed E-state index contributed by atoms with van der Waals surface area (Å²) in [5.41, 5.74) is 1.07. The lowest BCUT2D eigenvalue weighted by Crippen LogP contribution is -2.54. The van der Waals surface area contributed by atoms with Crippen molar-refractivity contribution in [3.63, 3.8) is 0 Å². The number of nitriles is 1. The van der Waals surface area contributed by atoms with Crippen LogP contribution in [0.25, 0.3) is 0 Å². The zero-order valence-electron chi connectivity index (χ0n) is 17.8. The van der Waals surface area contributed by atoms with Gasteiger partial charge in [-0.05, 0) is 49.7 Å². The zero-order valence-corrected chi connectivity index (χ0v) is 17.8. The second-order valence-corrected chi connectivity index (χ2v) is 8.09. The number of pyridine rings is 1. The minimum atomic E-state index is -1.12. The molecule has 162 valence electrons. The Morgan fingerprint density at radius 2 is 2.00 bits per heavy atom. The number of nitrogens with zero attached hydrogens (tertiary/aromatic N) is 3. The molecule has 2 heterocycles. The molecule has 0 aliphatic carbocycles. The maximum Gasteiger partial charge on any atom is 0.279 e. The molecule has 0 bridgehead atoms. The highest BCUT2D eigenvalue weighted by Gasteiger charge is 2.48. The quantitative estimate of drug-likeness (QED) is 0.620. The molecule has 4 rings (SSSR count). The van der Waals surface area contributed by atoms with Crippen molar-refractivity contribution in [2.45, 2.75) is 38.2 Å². The molecule has 0 spiro atoms. The standard InChI is InChI=1S/C25H23N3O4/c1-25(2)23(29)22(20-13-18(14-26)10-11-21(20)32-25)28(24(30)19-9-6-12-27-15-19)31-16-17-7-4-3-5-8-17/h3-13,15,22-23,29H,16H2,1-2H3/t22-,23+/m1/s1. The first-order valence-electron chi connectivity index (χ1n) is 10.2. The number of benzene rings is 2. The van der Waals surface area contributed by atoms with Crippen LogP contribution in [0.3, 0.4) is 0 Å². The number of hydrogen-bond donors (Lipinski definition) is 1. The molecule has 1 aliphatic heterocycles. The van der Waals surface area contributed by atoms with E-state index < -0.39 is 23.7 Å². The summed E-state index contributed by atoms with van der Waals surface area (Å²) in [5, 5.41) is 21.9. The Morgan fingerprint density at radius 3 is 2.69 bits per heavy atom. The van der Waals surface area contributed by atoms with E-state index in [2.05, 4.69) is 11.1 Å². The largest absolute Gasteiger partial charge is 0.485 e. The highest BCUT2D eigenvalue weighted by Crippen LogP contribution is 2.44. The van der Waals surface area contributed by atoms with Gasteiger partial charge < -0.3 is 9.84 Å². The number of carbonyl (C=O) groups is 1.